The van der Waals surface area contributed by atoms with Gasteiger partial charge in [-0.15, -0.1) is 0 Å². The number of benzene rings is 2. The average Bonchev–Trinajstić information content (AvgIpc) is 2.47. The minimum atomic E-state index is -2.55. The number of hydrogen-bond acceptors (Lipinski definition) is 2. The van der Waals surface area contributed by atoms with Crippen LogP contribution in [0.5, 0.6) is 0 Å². The van der Waals surface area contributed by atoms with Gasteiger partial charge in [-0.1, -0.05) is 0 Å². The number of anilines is 2. The molecule has 19 heavy (non-hydrogen) atoms. The monoisotopic (exact) mass is 362 g/mol. The van der Waals surface area contributed by atoms with Crippen LogP contribution in [0.2, 0.25) is 9.88 Å². The normalized spacial score (nSPS) is 11.2. The summed E-state index contributed by atoms with van der Waals surface area (Å²) in [6.07, 6.45) is 0. The molecule has 0 radical (unpaired) electrons. The molecule has 0 heterocycles. The second-order valence-electron chi connectivity index (χ2n) is 5.28. The van der Waals surface area contributed by atoms with Gasteiger partial charge in [0.2, 0.25) is 0 Å². The van der Waals surface area contributed by atoms with E-state index in [1.54, 1.807) is 0 Å². The fourth-order valence-electron chi connectivity index (χ4n) is 2.16. The molecule has 0 unspecified atom stereocenters. The summed E-state index contributed by atoms with van der Waals surface area (Å²) in [5, 5.41) is 0. The maximum absolute atomic E-state index is 2.55. The molecule has 2 rings (SSSR count). The Morgan fingerprint density at radius 3 is 1.26 bits per heavy atom. The summed E-state index contributed by atoms with van der Waals surface area (Å²) in [6, 6.07) is 21.3. The van der Waals surface area contributed by atoms with Gasteiger partial charge in [-0.3, -0.25) is 0 Å². The van der Waals surface area contributed by atoms with Crippen LogP contribution in [0.15, 0.2) is 60.7 Å². The Bertz CT molecular complexity index is 463. The molecule has 100 valence electrons. The second kappa shape index (κ2) is 5.86. The first-order valence-electron chi connectivity index (χ1n) is 6.61. The van der Waals surface area contributed by atoms with E-state index >= 15 is 0 Å². The van der Waals surface area contributed by atoms with Gasteiger partial charge in [0.15, 0.2) is 0 Å². The van der Waals surface area contributed by atoms with Gasteiger partial charge in [-0.05, 0) is 0 Å². The first-order valence-corrected chi connectivity index (χ1v) is 14.9. The molecule has 0 saturated carbocycles. The molecule has 0 atom stereocenters. The molecule has 0 aromatic heterocycles. The number of hydrogen-bond donors (Lipinski definition) is 0. The Kier molecular flexibility index (Phi) is 4.40. The van der Waals surface area contributed by atoms with Crippen molar-refractivity contribution in [3.8, 4) is 0 Å². The summed E-state index contributed by atoms with van der Waals surface area (Å²) in [4.78, 5) is 4.88. The zero-order chi connectivity index (χ0) is 13.9. The van der Waals surface area contributed by atoms with Gasteiger partial charge in [-0.2, -0.15) is 0 Å². The van der Waals surface area contributed by atoms with Gasteiger partial charge in [0.05, 0.1) is 0 Å². The van der Waals surface area contributed by atoms with Crippen molar-refractivity contribution in [1.29, 1.82) is 0 Å². The summed E-state index contributed by atoms with van der Waals surface area (Å²) < 4.78 is 5.00. The Labute approximate surface area is 121 Å². The fourth-order valence-corrected chi connectivity index (χ4v) is 7.90. The van der Waals surface area contributed by atoms with Crippen LogP contribution < -0.4 is 6.24 Å². The third-order valence-corrected chi connectivity index (χ3v) is 14.8. The first kappa shape index (κ1) is 14.3. The van der Waals surface area contributed by atoms with Crippen molar-refractivity contribution < 1.29 is 0 Å². The Morgan fingerprint density at radius 1 is 0.632 bits per heavy atom. The van der Waals surface area contributed by atoms with Crippen LogP contribution in [0.4, 0.5) is 11.4 Å². The van der Waals surface area contributed by atoms with Gasteiger partial charge < -0.3 is 0 Å². The molecule has 2 nitrogen and oxygen atoms in total. The average molecular weight is 361 g/mol. The van der Waals surface area contributed by atoms with Crippen LogP contribution in [-0.2, 0) is 0 Å². The zero-order valence-corrected chi connectivity index (χ0v) is 15.0. The van der Waals surface area contributed by atoms with E-state index in [1.165, 1.54) is 11.4 Å². The molecule has 0 amide bonds. The second-order valence-corrected chi connectivity index (χ2v) is 17.6. The molecule has 0 bridgehead atoms. The molecule has 0 aliphatic rings. The zero-order valence-electron chi connectivity index (χ0n) is 12.2. The van der Waals surface area contributed by atoms with Gasteiger partial charge in [0.25, 0.3) is 0 Å². The van der Waals surface area contributed by atoms with Crippen molar-refractivity contribution in [3.05, 3.63) is 60.7 Å². The molecule has 2 aromatic carbocycles. The van der Waals surface area contributed by atoms with Crippen molar-refractivity contribution in [3.63, 3.8) is 0 Å². The van der Waals surface area contributed by atoms with Gasteiger partial charge in [0.1, 0.15) is 0 Å². The van der Waals surface area contributed by atoms with Crippen LogP contribution in [-0.4, -0.2) is 33.0 Å². The topological polar surface area (TPSA) is 6.48 Å². The molecular formula is C16H22N2Sn. The Morgan fingerprint density at radius 2 is 0.947 bits per heavy atom. The summed E-state index contributed by atoms with van der Waals surface area (Å²) in [5.74, 6) is 0. The predicted molar refractivity (Wildman–Crippen MR) is 87.2 cm³/mol. The van der Waals surface area contributed by atoms with Gasteiger partial charge in [0, 0.05) is 0 Å². The summed E-state index contributed by atoms with van der Waals surface area (Å²) in [7, 11) is 4.45. The summed E-state index contributed by atoms with van der Waals surface area (Å²) in [5.41, 5.74) is 2.62. The van der Waals surface area contributed by atoms with E-state index in [0.29, 0.717) is 0 Å². The van der Waals surface area contributed by atoms with Crippen molar-refractivity contribution in [1.82, 2.24) is 0 Å². The standard InChI is InChI=1S/2C7H8N.2CH3.Sn/c2*1-8-7-5-3-2-4-6-7;;;/h2*2-6H,1H3;2*1H3;/q2*-1;;;+2. The Balaban J connectivity index is 2.27. The van der Waals surface area contributed by atoms with Crippen molar-refractivity contribution in [2.75, 3.05) is 20.3 Å². The number of para-hydroxylation sites is 2. The van der Waals surface area contributed by atoms with E-state index < -0.39 is 18.9 Å². The predicted octanol–water partition coefficient (Wildman–Crippen LogP) is 3.96. The van der Waals surface area contributed by atoms with E-state index in [0.717, 1.165) is 0 Å². The van der Waals surface area contributed by atoms with Crippen LogP contribution >= 0.6 is 0 Å². The van der Waals surface area contributed by atoms with Crippen LogP contribution in [0.1, 0.15) is 0 Å². The number of rotatable bonds is 4. The molecule has 2 aromatic rings. The quantitative estimate of drug-likeness (QED) is 0.761. The molecule has 0 aliphatic heterocycles. The third-order valence-electron chi connectivity index (χ3n) is 3.93. The van der Waals surface area contributed by atoms with Crippen LogP contribution in [0, 0.1) is 0 Å². The SMILES string of the molecule is C[N](c1ccccc1)[Sn]([CH3])([CH3])[N](C)c1ccccc1. The van der Waals surface area contributed by atoms with E-state index in [4.69, 9.17) is 0 Å². The molecule has 0 saturated heterocycles. The molecule has 0 N–H and O–H groups in total. The van der Waals surface area contributed by atoms with Crippen molar-refractivity contribution in [2.24, 2.45) is 0 Å². The Hall–Kier alpha value is -1.16. The van der Waals surface area contributed by atoms with Gasteiger partial charge in [-0.25, -0.2) is 0 Å². The van der Waals surface area contributed by atoms with Gasteiger partial charge >= 0.3 is 121 Å². The molecule has 0 fully saturated rings. The van der Waals surface area contributed by atoms with Crippen molar-refractivity contribution in [2.45, 2.75) is 9.88 Å². The van der Waals surface area contributed by atoms with E-state index in [-0.39, 0.29) is 0 Å². The summed E-state index contributed by atoms with van der Waals surface area (Å²) in [6.45, 7) is 0. The molecule has 3 heteroatoms. The van der Waals surface area contributed by atoms with Crippen LogP contribution in [0.3, 0.4) is 0 Å². The summed E-state index contributed by atoms with van der Waals surface area (Å²) >= 11 is -2.55. The fraction of sp³-hybridized carbons (Fsp3) is 0.250. The van der Waals surface area contributed by atoms with Crippen LogP contribution in [0.25, 0.3) is 0 Å². The maximum atomic E-state index is 2.50. The van der Waals surface area contributed by atoms with E-state index in [2.05, 4.69) is 90.9 Å². The minimum absolute atomic E-state index is 1.31. The molecule has 0 aliphatic carbocycles. The number of nitrogens with zero attached hydrogens (tertiary/aromatic N) is 2. The molecular weight excluding hydrogens is 339 g/mol. The van der Waals surface area contributed by atoms with E-state index in [9.17, 15) is 0 Å². The first-order chi connectivity index (χ1) is 9.03. The van der Waals surface area contributed by atoms with E-state index in [1.807, 2.05) is 0 Å². The third kappa shape index (κ3) is 3.05. The molecule has 0 spiro atoms. The van der Waals surface area contributed by atoms with Crippen molar-refractivity contribution >= 4 is 30.3 Å².